The maximum Gasteiger partial charge on any atom is 0.416 e. The fourth-order valence-corrected chi connectivity index (χ4v) is 2.40. The molecule has 0 spiro atoms. The summed E-state index contributed by atoms with van der Waals surface area (Å²) in [5.41, 5.74) is 1.40. The van der Waals surface area contributed by atoms with Crippen molar-refractivity contribution in [2.45, 2.75) is 6.18 Å². The van der Waals surface area contributed by atoms with E-state index >= 15 is 0 Å². The van der Waals surface area contributed by atoms with E-state index in [1.165, 1.54) is 18.3 Å². The number of hydrogen-bond donors (Lipinski definition) is 1. The van der Waals surface area contributed by atoms with Gasteiger partial charge in [-0.1, -0.05) is 23.4 Å². The van der Waals surface area contributed by atoms with Gasteiger partial charge in [-0.3, -0.25) is 0 Å². The summed E-state index contributed by atoms with van der Waals surface area (Å²) in [5.74, 6) is 0. The van der Waals surface area contributed by atoms with Gasteiger partial charge in [-0.15, -0.1) is 0 Å². The van der Waals surface area contributed by atoms with Crippen molar-refractivity contribution in [2.24, 2.45) is 5.16 Å². The van der Waals surface area contributed by atoms with Gasteiger partial charge in [-0.2, -0.15) is 13.2 Å². The molecular weight excluding hydrogens is 293 g/mol. The SMILES string of the molecule is O/N=C\c1cn(-c2ccc(C(F)(F)F)cc2)c2ccccc12. The molecule has 0 radical (unpaired) electrons. The quantitative estimate of drug-likeness (QED) is 0.424. The first kappa shape index (κ1) is 14.2. The number of halogens is 3. The lowest BCUT2D eigenvalue weighted by Gasteiger charge is -2.09. The minimum atomic E-state index is -4.36. The zero-order valence-corrected chi connectivity index (χ0v) is 11.2. The highest BCUT2D eigenvalue weighted by atomic mass is 19.4. The highest BCUT2D eigenvalue weighted by molar-refractivity contribution is 6.00. The lowest BCUT2D eigenvalue weighted by molar-refractivity contribution is -0.137. The zero-order chi connectivity index (χ0) is 15.7. The summed E-state index contributed by atoms with van der Waals surface area (Å²) in [4.78, 5) is 0. The van der Waals surface area contributed by atoms with Crippen molar-refractivity contribution in [3.8, 4) is 5.69 Å². The van der Waals surface area contributed by atoms with E-state index in [0.717, 1.165) is 23.0 Å². The highest BCUT2D eigenvalue weighted by Crippen LogP contribution is 2.30. The summed E-state index contributed by atoms with van der Waals surface area (Å²) in [6.45, 7) is 0. The predicted octanol–water partition coefficient (Wildman–Crippen LogP) is 4.46. The van der Waals surface area contributed by atoms with Crippen LogP contribution < -0.4 is 0 Å². The Morgan fingerprint density at radius 1 is 1.00 bits per heavy atom. The molecule has 112 valence electrons. The van der Waals surface area contributed by atoms with Gasteiger partial charge in [-0.05, 0) is 30.3 Å². The van der Waals surface area contributed by atoms with Crippen molar-refractivity contribution in [1.82, 2.24) is 4.57 Å². The summed E-state index contributed by atoms with van der Waals surface area (Å²) in [5, 5.41) is 12.6. The van der Waals surface area contributed by atoms with Gasteiger partial charge >= 0.3 is 6.18 Å². The molecule has 22 heavy (non-hydrogen) atoms. The molecule has 0 amide bonds. The molecule has 3 nitrogen and oxygen atoms in total. The number of nitrogens with zero attached hydrogens (tertiary/aromatic N) is 2. The first-order chi connectivity index (χ1) is 10.5. The van der Waals surface area contributed by atoms with Crippen LogP contribution in [0.15, 0.2) is 59.9 Å². The van der Waals surface area contributed by atoms with Crippen molar-refractivity contribution in [1.29, 1.82) is 0 Å². The Morgan fingerprint density at radius 2 is 1.68 bits per heavy atom. The van der Waals surface area contributed by atoms with Crippen molar-refractivity contribution in [2.75, 3.05) is 0 Å². The van der Waals surface area contributed by atoms with Crippen molar-refractivity contribution in [3.63, 3.8) is 0 Å². The van der Waals surface area contributed by atoms with E-state index in [0.29, 0.717) is 11.3 Å². The molecule has 0 unspecified atom stereocenters. The van der Waals surface area contributed by atoms with Crippen molar-refractivity contribution >= 4 is 17.1 Å². The fraction of sp³-hybridized carbons (Fsp3) is 0.0625. The first-order valence-corrected chi connectivity index (χ1v) is 6.46. The van der Waals surface area contributed by atoms with E-state index in [1.807, 2.05) is 24.3 Å². The highest BCUT2D eigenvalue weighted by Gasteiger charge is 2.30. The number of aromatic nitrogens is 1. The van der Waals surface area contributed by atoms with Crippen LogP contribution in [0, 0.1) is 0 Å². The molecule has 1 aromatic heterocycles. The molecule has 3 aromatic rings. The van der Waals surface area contributed by atoms with E-state index < -0.39 is 11.7 Å². The summed E-state index contributed by atoms with van der Waals surface area (Å²) in [6.07, 6.45) is -1.35. The van der Waals surface area contributed by atoms with Crippen molar-refractivity contribution in [3.05, 3.63) is 65.9 Å². The monoisotopic (exact) mass is 304 g/mol. The van der Waals surface area contributed by atoms with Gasteiger partial charge in [-0.25, -0.2) is 0 Å². The smallest absolute Gasteiger partial charge is 0.411 e. The molecule has 0 bridgehead atoms. The van der Waals surface area contributed by atoms with Crippen molar-refractivity contribution < 1.29 is 18.4 Å². The van der Waals surface area contributed by atoms with E-state index in [4.69, 9.17) is 5.21 Å². The summed E-state index contributed by atoms with van der Waals surface area (Å²) in [7, 11) is 0. The minimum absolute atomic E-state index is 0.599. The Morgan fingerprint density at radius 3 is 2.32 bits per heavy atom. The van der Waals surface area contributed by atoms with E-state index in [-0.39, 0.29) is 0 Å². The van der Waals surface area contributed by atoms with Crippen LogP contribution in [0.25, 0.3) is 16.6 Å². The molecule has 1 heterocycles. The Balaban J connectivity index is 2.14. The largest absolute Gasteiger partial charge is 0.416 e. The molecular formula is C16H11F3N2O. The third-order valence-corrected chi connectivity index (χ3v) is 3.41. The van der Waals surface area contributed by atoms with Crippen LogP contribution in [0.2, 0.25) is 0 Å². The lowest BCUT2D eigenvalue weighted by Crippen LogP contribution is -2.04. The number of fused-ring (bicyclic) bond motifs is 1. The Labute approximate surface area is 123 Å². The van der Waals surface area contributed by atoms with Gasteiger partial charge in [0, 0.05) is 22.8 Å². The van der Waals surface area contributed by atoms with E-state index in [9.17, 15) is 13.2 Å². The van der Waals surface area contributed by atoms with Gasteiger partial charge in [0.25, 0.3) is 0 Å². The molecule has 2 aromatic carbocycles. The van der Waals surface area contributed by atoms with Crippen LogP contribution in [0.5, 0.6) is 0 Å². The van der Waals surface area contributed by atoms with Crippen LogP contribution in [0.3, 0.4) is 0 Å². The number of para-hydroxylation sites is 1. The number of benzene rings is 2. The average Bonchev–Trinajstić information content (AvgIpc) is 2.86. The fourth-order valence-electron chi connectivity index (χ4n) is 2.40. The summed E-state index contributed by atoms with van der Waals surface area (Å²) in [6, 6.07) is 12.3. The van der Waals surface area contributed by atoms with Crippen LogP contribution >= 0.6 is 0 Å². The normalized spacial score (nSPS) is 12.3. The molecule has 0 atom stereocenters. The molecule has 3 rings (SSSR count). The number of oxime groups is 1. The first-order valence-electron chi connectivity index (χ1n) is 6.46. The maximum atomic E-state index is 12.6. The zero-order valence-electron chi connectivity index (χ0n) is 11.2. The van der Waals surface area contributed by atoms with Gasteiger partial charge in [0.1, 0.15) is 0 Å². The third-order valence-electron chi connectivity index (χ3n) is 3.41. The molecule has 0 saturated heterocycles. The third kappa shape index (κ3) is 2.43. The average molecular weight is 304 g/mol. The molecule has 0 fully saturated rings. The molecule has 0 aliphatic rings. The minimum Gasteiger partial charge on any atom is -0.411 e. The standard InChI is InChI=1S/C16H11F3N2O/c17-16(18,19)12-5-7-13(8-6-12)21-10-11(9-20-22)14-3-1-2-4-15(14)21/h1-10,22H/b20-9-. The van der Waals surface area contributed by atoms with Crippen LogP contribution in [-0.4, -0.2) is 16.0 Å². The Kier molecular flexibility index (Phi) is 3.36. The second kappa shape index (κ2) is 5.22. The molecule has 0 aliphatic carbocycles. The number of rotatable bonds is 2. The van der Waals surface area contributed by atoms with Gasteiger partial charge in [0.05, 0.1) is 17.3 Å². The molecule has 1 N–H and O–H groups in total. The second-order valence-corrected chi connectivity index (χ2v) is 4.76. The van der Waals surface area contributed by atoms with Crippen LogP contribution in [0.1, 0.15) is 11.1 Å². The number of alkyl halides is 3. The van der Waals surface area contributed by atoms with Gasteiger partial charge in [0.2, 0.25) is 0 Å². The summed E-state index contributed by atoms with van der Waals surface area (Å²) < 4.78 is 39.6. The van der Waals surface area contributed by atoms with Gasteiger partial charge < -0.3 is 9.77 Å². The summed E-state index contributed by atoms with van der Waals surface area (Å²) >= 11 is 0. The van der Waals surface area contributed by atoms with Gasteiger partial charge in [0.15, 0.2) is 0 Å². The van der Waals surface area contributed by atoms with E-state index in [1.54, 1.807) is 10.8 Å². The van der Waals surface area contributed by atoms with Crippen LogP contribution in [-0.2, 0) is 6.18 Å². The second-order valence-electron chi connectivity index (χ2n) is 4.76. The topological polar surface area (TPSA) is 37.5 Å². The molecule has 0 saturated carbocycles. The van der Waals surface area contributed by atoms with Crippen LogP contribution in [0.4, 0.5) is 13.2 Å². The Hall–Kier alpha value is -2.76. The Bertz CT molecular complexity index is 833. The maximum absolute atomic E-state index is 12.6. The number of hydrogen-bond acceptors (Lipinski definition) is 2. The molecule has 0 aliphatic heterocycles. The predicted molar refractivity (Wildman–Crippen MR) is 77.7 cm³/mol. The molecule has 6 heteroatoms. The lowest BCUT2D eigenvalue weighted by atomic mass is 10.2. The van der Waals surface area contributed by atoms with E-state index in [2.05, 4.69) is 5.16 Å².